The van der Waals surface area contributed by atoms with Crippen LogP contribution in [0.15, 0.2) is 30.3 Å². The number of carbonyl (C=O) groups excluding carboxylic acids is 2. The lowest BCUT2D eigenvalue weighted by atomic mass is 9.74. The number of piperidine rings is 1. The molecule has 240 valence electrons. The second-order valence-electron chi connectivity index (χ2n) is 14.8. The Kier molecular flexibility index (Phi) is 6.56. The normalized spacial score (nSPS) is 26.2. The van der Waals surface area contributed by atoms with E-state index in [1.807, 2.05) is 13.0 Å². The summed E-state index contributed by atoms with van der Waals surface area (Å²) in [6, 6.07) is 9.54. The van der Waals surface area contributed by atoms with Crippen LogP contribution in [0.3, 0.4) is 0 Å². The molecule has 5 aliphatic rings. The van der Waals surface area contributed by atoms with Gasteiger partial charge in [0.1, 0.15) is 11.5 Å². The molecule has 2 aliphatic carbocycles. The number of aromatic nitrogens is 4. The van der Waals surface area contributed by atoms with Gasteiger partial charge < -0.3 is 24.7 Å². The van der Waals surface area contributed by atoms with E-state index in [4.69, 9.17) is 9.97 Å². The van der Waals surface area contributed by atoms with Gasteiger partial charge in [0, 0.05) is 55.0 Å². The number of nitrogens with zero attached hydrogens (tertiary/aromatic N) is 5. The van der Waals surface area contributed by atoms with Crippen molar-refractivity contribution in [2.75, 3.05) is 26.2 Å². The summed E-state index contributed by atoms with van der Waals surface area (Å²) in [7, 11) is 0. The van der Waals surface area contributed by atoms with E-state index in [9.17, 15) is 9.59 Å². The molecule has 4 aromatic rings. The third kappa shape index (κ3) is 4.74. The molecular weight excluding hydrogens is 581 g/mol. The number of hydrogen-bond donors (Lipinski definition) is 2. The van der Waals surface area contributed by atoms with E-state index >= 15 is 4.39 Å². The largest absolute Gasteiger partial charge is 0.348 e. The molecule has 3 aliphatic heterocycles. The lowest BCUT2D eigenvalue weighted by Gasteiger charge is -2.52. The molecular formula is C36H42FN7O2. The molecule has 1 spiro atoms. The van der Waals surface area contributed by atoms with E-state index in [0.717, 1.165) is 111 Å². The molecule has 3 aromatic heterocycles. The van der Waals surface area contributed by atoms with Crippen LogP contribution in [0.2, 0.25) is 0 Å². The standard InChI is InChI=1S/C36H42FN7O2/c1-21-28-10-7-23-15-31(43(32(23)40-28)13-4-2-3-6-22-14-25(22)34(45)39-21)33-41-29-16-26(27(37)17-30(29)44(33)24-8-9-24)35(46)42-19-36(20-42)11-5-12-38-18-36/h7,10,15-17,21-22,24-25,38H,2-6,8-9,11-14,18-20H2,1H3,(H,39,45)/t21-,22-,25-/m1/s1. The maximum atomic E-state index is 15.8. The highest BCUT2D eigenvalue weighted by molar-refractivity contribution is 5.99. The van der Waals surface area contributed by atoms with Crippen LogP contribution in [0.4, 0.5) is 4.39 Å². The van der Waals surface area contributed by atoms with E-state index in [0.29, 0.717) is 24.5 Å². The van der Waals surface area contributed by atoms with Crippen LogP contribution in [0.5, 0.6) is 0 Å². The minimum atomic E-state index is -0.476. The van der Waals surface area contributed by atoms with Gasteiger partial charge in [0.15, 0.2) is 5.82 Å². The maximum Gasteiger partial charge on any atom is 0.256 e. The first-order valence-corrected chi connectivity index (χ1v) is 17.4. The highest BCUT2D eigenvalue weighted by atomic mass is 19.1. The predicted octanol–water partition coefficient (Wildman–Crippen LogP) is 5.74. The van der Waals surface area contributed by atoms with Crippen LogP contribution in [0.25, 0.3) is 33.6 Å². The van der Waals surface area contributed by atoms with E-state index in [-0.39, 0.29) is 40.8 Å². The number of pyridine rings is 1. The summed E-state index contributed by atoms with van der Waals surface area (Å²) in [5.74, 6) is 0.894. The number of rotatable bonds is 3. The highest BCUT2D eigenvalue weighted by Crippen LogP contribution is 2.45. The summed E-state index contributed by atoms with van der Waals surface area (Å²) in [4.78, 5) is 38.5. The van der Waals surface area contributed by atoms with Gasteiger partial charge in [-0.3, -0.25) is 9.59 Å². The lowest BCUT2D eigenvalue weighted by Crippen LogP contribution is -2.63. The fourth-order valence-corrected chi connectivity index (χ4v) is 8.47. The van der Waals surface area contributed by atoms with Crippen LogP contribution in [-0.4, -0.2) is 62.0 Å². The van der Waals surface area contributed by atoms with Crippen molar-refractivity contribution in [1.82, 2.24) is 34.6 Å². The van der Waals surface area contributed by atoms with Crippen molar-refractivity contribution in [3.8, 4) is 11.5 Å². The van der Waals surface area contributed by atoms with Gasteiger partial charge in [-0.1, -0.05) is 12.8 Å². The van der Waals surface area contributed by atoms with Gasteiger partial charge in [0.25, 0.3) is 5.91 Å². The molecule has 1 aromatic carbocycles. The zero-order valence-electron chi connectivity index (χ0n) is 26.5. The fraction of sp³-hybridized carbons (Fsp3) is 0.556. The van der Waals surface area contributed by atoms with Crippen LogP contribution in [-0.2, 0) is 11.3 Å². The number of hydrogen-bond acceptors (Lipinski definition) is 5. The van der Waals surface area contributed by atoms with Gasteiger partial charge in [-0.25, -0.2) is 14.4 Å². The number of halogens is 1. The van der Waals surface area contributed by atoms with Gasteiger partial charge in [-0.15, -0.1) is 0 Å². The molecule has 0 unspecified atom stereocenters. The Morgan fingerprint density at radius 2 is 1.91 bits per heavy atom. The number of imidazole rings is 1. The number of amides is 2. The monoisotopic (exact) mass is 623 g/mol. The molecule has 2 saturated carbocycles. The summed E-state index contributed by atoms with van der Waals surface area (Å²) in [6.07, 6.45) is 9.57. The van der Waals surface area contributed by atoms with Crippen LogP contribution < -0.4 is 10.6 Å². The van der Waals surface area contributed by atoms with Crippen LogP contribution >= 0.6 is 0 Å². The molecule has 9 rings (SSSR count). The Bertz CT molecular complexity index is 1880. The number of nitrogens with one attached hydrogen (secondary N) is 2. The SMILES string of the molecule is C[C@H]1NC(=O)[C@@H]2C[C@H]2CCCCCn2c(-c3nc4cc(C(=O)N5CC6(CCCNC6)C5)c(F)cc4n3C3CC3)cc3ccc1nc32. The summed E-state index contributed by atoms with van der Waals surface area (Å²) >= 11 is 0. The van der Waals surface area contributed by atoms with Gasteiger partial charge in [0.2, 0.25) is 5.91 Å². The third-order valence-corrected chi connectivity index (χ3v) is 11.3. The highest BCUT2D eigenvalue weighted by Gasteiger charge is 2.46. The van der Waals surface area contributed by atoms with Crippen LogP contribution in [0.1, 0.15) is 92.8 Å². The molecule has 0 radical (unpaired) electrons. The average molecular weight is 624 g/mol. The number of fused-ring (bicyclic) bond motifs is 3. The molecule has 3 atom stereocenters. The zero-order chi connectivity index (χ0) is 31.2. The molecule has 46 heavy (non-hydrogen) atoms. The predicted molar refractivity (Wildman–Crippen MR) is 174 cm³/mol. The molecule has 4 fully saturated rings. The second-order valence-corrected chi connectivity index (χ2v) is 14.8. The van der Waals surface area contributed by atoms with Crippen molar-refractivity contribution >= 4 is 33.9 Å². The molecule has 2 N–H and O–H groups in total. The van der Waals surface area contributed by atoms with E-state index in [2.05, 4.69) is 31.9 Å². The zero-order valence-corrected chi connectivity index (χ0v) is 26.5. The third-order valence-electron chi connectivity index (χ3n) is 11.3. The molecule has 2 saturated heterocycles. The Hall–Kier alpha value is -3.79. The van der Waals surface area contributed by atoms with Crippen molar-refractivity contribution in [2.45, 2.75) is 83.3 Å². The molecule has 9 nitrogen and oxygen atoms in total. The molecule has 10 heteroatoms. The Balaban J connectivity index is 1.10. The minimum absolute atomic E-state index is 0.111. The van der Waals surface area contributed by atoms with Gasteiger partial charge in [-0.05, 0) is 88.6 Å². The Morgan fingerprint density at radius 1 is 1.04 bits per heavy atom. The topological polar surface area (TPSA) is 97.1 Å². The summed E-state index contributed by atoms with van der Waals surface area (Å²) in [5.41, 5.74) is 4.35. The van der Waals surface area contributed by atoms with Crippen molar-refractivity contribution in [1.29, 1.82) is 0 Å². The first kappa shape index (κ1) is 28.4. The maximum absolute atomic E-state index is 15.8. The Morgan fingerprint density at radius 3 is 2.72 bits per heavy atom. The van der Waals surface area contributed by atoms with Crippen molar-refractivity contribution in [3.63, 3.8) is 0 Å². The van der Waals surface area contributed by atoms with Crippen molar-refractivity contribution < 1.29 is 14.0 Å². The number of aryl methyl sites for hydroxylation is 1. The first-order valence-electron chi connectivity index (χ1n) is 17.4. The first-order chi connectivity index (χ1) is 22.4. The molecule has 6 heterocycles. The van der Waals surface area contributed by atoms with E-state index < -0.39 is 5.82 Å². The average Bonchev–Trinajstić information content (AvgIpc) is 3.96. The Labute approximate surface area is 267 Å². The number of benzene rings is 1. The van der Waals surface area contributed by atoms with Crippen molar-refractivity contribution in [2.24, 2.45) is 17.3 Å². The summed E-state index contributed by atoms with van der Waals surface area (Å²) in [6.45, 7) is 6.12. The second kappa shape index (κ2) is 10.6. The molecule has 2 amide bonds. The van der Waals surface area contributed by atoms with Crippen LogP contribution in [0, 0.1) is 23.1 Å². The van der Waals surface area contributed by atoms with Crippen molar-refractivity contribution in [3.05, 3.63) is 47.4 Å². The van der Waals surface area contributed by atoms with E-state index in [1.54, 1.807) is 11.0 Å². The van der Waals surface area contributed by atoms with Gasteiger partial charge in [-0.2, -0.15) is 0 Å². The van der Waals surface area contributed by atoms with E-state index in [1.165, 1.54) is 6.07 Å². The van der Waals surface area contributed by atoms with Gasteiger partial charge in [0.05, 0.1) is 34.0 Å². The number of likely N-dealkylation sites (tertiary alicyclic amines) is 1. The number of carbonyl (C=O) groups is 2. The fourth-order valence-electron chi connectivity index (χ4n) is 8.47. The summed E-state index contributed by atoms with van der Waals surface area (Å²) in [5, 5.41) is 7.69. The lowest BCUT2D eigenvalue weighted by molar-refractivity contribution is -0.123. The molecule has 2 bridgehead atoms. The quantitative estimate of drug-likeness (QED) is 0.304. The van der Waals surface area contributed by atoms with Gasteiger partial charge >= 0.3 is 0 Å². The summed E-state index contributed by atoms with van der Waals surface area (Å²) < 4.78 is 20.3. The smallest absolute Gasteiger partial charge is 0.256 e. The minimum Gasteiger partial charge on any atom is -0.348 e.